The minimum atomic E-state index is 0.381. The molecule has 112 valence electrons. The lowest BCUT2D eigenvalue weighted by atomic mass is 10.2. The lowest BCUT2D eigenvalue weighted by Crippen LogP contribution is -2.22. The molecular weight excluding hydrogens is 419 g/mol. The fourth-order valence-corrected chi connectivity index (χ4v) is 2.54. The highest BCUT2D eigenvalue weighted by Gasteiger charge is 2.11. The van der Waals surface area contributed by atoms with Gasteiger partial charge >= 0.3 is 0 Å². The molecule has 3 nitrogen and oxygen atoms in total. The number of ether oxygens (including phenoxy) is 1. The molecule has 0 saturated carbocycles. The van der Waals surface area contributed by atoms with E-state index in [2.05, 4.69) is 56.0 Å². The smallest absolute Gasteiger partial charge is 0.223 e. The van der Waals surface area contributed by atoms with Gasteiger partial charge in [0.2, 0.25) is 5.88 Å². The summed E-state index contributed by atoms with van der Waals surface area (Å²) in [4.78, 5) is 4.34. The molecule has 1 N–H and O–H groups in total. The number of hydrogen-bond acceptors (Lipinski definition) is 3. The Bertz CT molecular complexity index is 635. The highest BCUT2D eigenvalue weighted by Crippen LogP contribution is 2.33. The average Bonchev–Trinajstić information content (AvgIpc) is 2.43. The van der Waals surface area contributed by atoms with Crippen LogP contribution in [0.5, 0.6) is 11.6 Å². The first kappa shape index (κ1) is 16.7. The van der Waals surface area contributed by atoms with Crippen molar-refractivity contribution in [2.75, 3.05) is 0 Å². The molecule has 0 spiro atoms. The Balaban J connectivity index is 2.28. The Labute approximate surface area is 146 Å². The molecule has 2 aromatic rings. The van der Waals surface area contributed by atoms with E-state index in [9.17, 15) is 0 Å². The van der Waals surface area contributed by atoms with E-state index in [4.69, 9.17) is 16.3 Å². The van der Waals surface area contributed by atoms with Crippen LogP contribution in [0.2, 0.25) is 5.02 Å². The SMILES string of the molecule is CC(C)NCc1cc(Br)cnc1Oc1cc(Br)ccc1Cl. The van der Waals surface area contributed by atoms with Crippen LogP contribution in [0.25, 0.3) is 0 Å². The second kappa shape index (κ2) is 7.58. The van der Waals surface area contributed by atoms with Crippen LogP contribution in [0.3, 0.4) is 0 Å². The molecule has 6 heteroatoms. The summed E-state index contributed by atoms with van der Waals surface area (Å²) in [5, 5.41) is 3.91. The topological polar surface area (TPSA) is 34.2 Å². The monoisotopic (exact) mass is 432 g/mol. The van der Waals surface area contributed by atoms with Gasteiger partial charge in [-0.1, -0.05) is 41.4 Å². The Hall–Kier alpha value is -0.620. The predicted molar refractivity (Wildman–Crippen MR) is 93.1 cm³/mol. The lowest BCUT2D eigenvalue weighted by Gasteiger charge is -2.14. The van der Waals surface area contributed by atoms with Gasteiger partial charge in [0.1, 0.15) is 5.75 Å². The van der Waals surface area contributed by atoms with Crippen molar-refractivity contribution in [3.63, 3.8) is 0 Å². The highest BCUT2D eigenvalue weighted by atomic mass is 79.9. The van der Waals surface area contributed by atoms with Gasteiger partial charge in [-0.05, 0) is 40.2 Å². The van der Waals surface area contributed by atoms with Crippen molar-refractivity contribution in [2.24, 2.45) is 0 Å². The molecule has 1 aromatic heterocycles. The minimum absolute atomic E-state index is 0.381. The first-order valence-electron chi connectivity index (χ1n) is 6.46. The molecule has 2 rings (SSSR count). The summed E-state index contributed by atoms with van der Waals surface area (Å²) in [5.74, 6) is 1.12. The standard InChI is InChI=1S/C15H15Br2ClN2O/c1-9(2)19-7-10-5-12(17)8-20-15(10)21-14-6-11(16)3-4-13(14)18/h3-6,8-9,19H,7H2,1-2H3. The molecule has 1 aromatic carbocycles. The van der Waals surface area contributed by atoms with E-state index in [1.54, 1.807) is 12.3 Å². The number of aromatic nitrogens is 1. The van der Waals surface area contributed by atoms with E-state index in [0.717, 1.165) is 14.5 Å². The van der Waals surface area contributed by atoms with Gasteiger partial charge in [0.05, 0.1) is 5.02 Å². The van der Waals surface area contributed by atoms with E-state index in [-0.39, 0.29) is 0 Å². The summed E-state index contributed by atoms with van der Waals surface area (Å²) in [6.07, 6.45) is 1.71. The van der Waals surface area contributed by atoms with Crippen LogP contribution in [-0.4, -0.2) is 11.0 Å². The molecule has 0 bridgehead atoms. The normalized spacial score (nSPS) is 11.0. The van der Waals surface area contributed by atoms with Crippen LogP contribution >= 0.6 is 43.5 Å². The van der Waals surface area contributed by atoms with E-state index in [1.807, 2.05) is 18.2 Å². The van der Waals surface area contributed by atoms with Gasteiger partial charge in [-0.2, -0.15) is 0 Å². The molecule has 0 amide bonds. The van der Waals surface area contributed by atoms with E-state index in [0.29, 0.717) is 29.2 Å². The third-order valence-corrected chi connectivity index (χ3v) is 3.93. The van der Waals surface area contributed by atoms with Crippen molar-refractivity contribution in [1.29, 1.82) is 0 Å². The van der Waals surface area contributed by atoms with E-state index >= 15 is 0 Å². The number of nitrogens with one attached hydrogen (secondary N) is 1. The van der Waals surface area contributed by atoms with Crippen LogP contribution in [0.15, 0.2) is 39.4 Å². The summed E-state index contributed by atoms with van der Waals surface area (Å²) in [5.41, 5.74) is 0.967. The number of pyridine rings is 1. The largest absolute Gasteiger partial charge is 0.437 e. The zero-order valence-corrected chi connectivity index (χ0v) is 15.6. The van der Waals surface area contributed by atoms with Crippen molar-refractivity contribution in [3.05, 3.63) is 50.0 Å². The van der Waals surface area contributed by atoms with Crippen LogP contribution in [0.1, 0.15) is 19.4 Å². The molecule has 0 aliphatic rings. The summed E-state index contributed by atoms with van der Waals surface area (Å²) < 4.78 is 7.69. The van der Waals surface area contributed by atoms with Gasteiger partial charge in [0.25, 0.3) is 0 Å². The van der Waals surface area contributed by atoms with Gasteiger partial charge in [-0.25, -0.2) is 4.98 Å². The quantitative estimate of drug-likeness (QED) is 0.670. The van der Waals surface area contributed by atoms with Gasteiger partial charge in [0.15, 0.2) is 0 Å². The Morgan fingerprint density at radius 2 is 2.00 bits per heavy atom. The van der Waals surface area contributed by atoms with Crippen molar-refractivity contribution in [3.8, 4) is 11.6 Å². The maximum atomic E-state index is 6.16. The molecule has 1 heterocycles. The van der Waals surface area contributed by atoms with Crippen molar-refractivity contribution in [1.82, 2.24) is 10.3 Å². The van der Waals surface area contributed by atoms with Gasteiger partial charge in [-0.3, -0.25) is 0 Å². The molecule has 0 aliphatic heterocycles. The molecule has 0 aliphatic carbocycles. The summed E-state index contributed by atoms with van der Waals surface area (Å²) in [6, 6.07) is 7.85. The third kappa shape index (κ3) is 4.95. The molecule has 21 heavy (non-hydrogen) atoms. The van der Waals surface area contributed by atoms with Crippen LogP contribution < -0.4 is 10.1 Å². The summed E-state index contributed by atoms with van der Waals surface area (Å²) >= 11 is 13.0. The molecule has 0 saturated heterocycles. The molecule has 0 atom stereocenters. The molecular formula is C15H15Br2ClN2O. The molecule has 0 fully saturated rings. The second-order valence-corrected chi connectivity index (χ2v) is 7.07. The minimum Gasteiger partial charge on any atom is -0.437 e. The zero-order valence-electron chi connectivity index (χ0n) is 11.7. The van der Waals surface area contributed by atoms with Crippen LogP contribution in [0, 0.1) is 0 Å². The average molecular weight is 435 g/mol. The Morgan fingerprint density at radius 3 is 2.71 bits per heavy atom. The molecule has 0 radical (unpaired) electrons. The van der Waals surface area contributed by atoms with Gasteiger partial charge in [-0.15, -0.1) is 0 Å². The summed E-state index contributed by atoms with van der Waals surface area (Å²) in [7, 11) is 0. The number of nitrogens with zero attached hydrogens (tertiary/aromatic N) is 1. The third-order valence-electron chi connectivity index (χ3n) is 2.69. The van der Waals surface area contributed by atoms with E-state index < -0.39 is 0 Å². The Morgan fingerprint density at radius 1 is 1.24 bits per heavy atom. The number of halogens is 3. The number of hydrogen-bond donors (Lipinski definition) is 1. The van der Waals surface area contributed by atoms with Crippen LogP contribution in [-0.2, 0) is 6.54 Å². The summed E-state index contributed by atoms with van der Waals surface area (Å²) in [6.45, 7) is 4.86. The van der Waals surface area contributed by atoms with Crippen molar-refractivity contribution >= 4 is 43.5 Å². The lowest BCUT2D eigenvalue weighted by molar-refractivity contribution is 0.450. The van der Waals surface area contributed by atoms with E-state index in [1.165, 1.54) is 0 Å². The fourth-order valence-electron chi connectivity index (χ4n) is 1.66. The second-order valence-electron chi connectivity index (χ2n) is 4.83. The van der Waals surface area contributed by atoms with Gasteiger partial charge in [0, 0.05) is 33.3 Å². The first-order chi connectivity index (χ1) is 9.95. The van der Waals surface area contributed by atoms with Crippen LogP contribution in [0.4, 0.5) is 0 Å². The number of rotatable bonds is 5. The van der Waals surface area contributed by atoms with Gasteiger partial charge < -0.3 is 10.1 Å². The maximum Gasteiger partial charge on any atom is 0.223 e. The maximum absolute atomic E-state index is 6.16. The Kier molecular flexibility index (Phi) is 6.05. The highest BCUT2D eigenvalue weighted by molar-refractivity contribution is 9.10. The predicted octanol–water partition coefficient (Wildman–Crippen LogP) is 5.55. The number of benzene rings is 1. The fraction of sp³-hybridized carbons (Fsp3) is 0.267. The molecule has 0 unspecified atom stereocenters. The first-order valence-corrected chi connectivity index (χ1v) is 8.43. The van der Waals surface area contributed by atoms with Crippen molar-refractivity contribution < 1.29 is 4.74 Å². The van der Waals surface area contributed by atoms with Crippen molar-refractivity contribution in [2.45, 2.75) is 26.4 Å². The zero-order chi connectivity index (χ0) is 15.4.